The lowest BCUT2D eigenvalue weighted by atomic mass is 9.86. The first-order chi connectivity index (χ1) is 10.3. The molecule has 1 aromatic rings. The summed E-state index contributed by atoms with van der Waals surface area (Å²) in [6.45, 7) is 4.27. The number of anilines is 1. The van der Waals surface area contributed by atoms with Crippen LogP contribution in [0.1, 0.15) is 12.5 Å². The second kappa shape index (κ2) is 4.81. The van der Waals surface area contributed by atoms with Crippen LogP contribution in [0.15, 0.2) is 48.1 Å². The maximum Gasteiger partial charge on any atom is 0.163 e. The van der Waals surface area contributed by atoms with Crippen molar-refractivity contribution in [1.82, 2.24) is 4.90 Å². The Morgan fingerprint density at radius 1 is 1.33 bits per heavy atom. The summed E-state index contributed by atoms with van der Waals surface area (Å²) in [5.74, 6) is 0. The number of benzene rings is 1. The average molecular weight is 279 g/mol. The molecule has 4 rings (SSSR count). The van der Waals surface area contributed by atoms with Crippen LogP contribution in [-0.2, 0) is 0 Å². The van der Waals surface area contributed by atoms with Gasteiger partial charge in [-0.15, -0.1) is 0 Å². The fraction of sp³-hybridized carbons (Fsp3) is 0.333. The Morgan fingerprint density at radius 2 is 2.19 bits per heavy atom. The number of fused-ring (bicyclic) bond motifs is 6. The molecule has 3 nitrogen and oxygen atoms in total. The van der Waals surface area contributed by atoms with Crippen molar-refractivity contribution in [2.24, 2.45) is 0 Å². The first-order valence-electron chi connectivity index (χ1n) is 7.54. The summed E-state index contributed by atoms with van der Waals surface area (Å²) in [5, 5.41) is 9.56. The van der Waals surface area contributed by atoms with Crippen molar-refractivity contribution in [2.75, 3.05) is 24.6 Å². The van der Waals surface area contributed by atoms with Gasteiger partial charge in [0.1, 0.15) is 6.17 Å². The zero-order valence-corrected chi connectivity index (χ0v) is 12.2. The van der Waals surface area contributed by atoms with Crippen LogP contribution in [0.3, 0.4) is 0 Å². The molecular weight excluding hydrogens is 260 g/mol. The molecule has 0 radical (unpaired) electrons. The normalized spacial score (nSPS) is 24.5. The minimum atomic E-state index is 0.165. The van der Waals surface area contributed by atoms with E-state index < -0.39 is 0 Å². The largest absolute Gasteiger partial charge is 0.395 e. The fourth-order valence-corrected chi connectivity index (χ4v) is 3.65. The third-order valence-electron chi connectivity index (χ3n) is 4.69. The lowest BCUT2D eigenvalue weighted by Crippen LogP contribution is -2.48. The maximum absolute atomic E-state index is 9.56. The zero-order chi connectivity index (χ0) is 14.4. The van der Waals surface area contributed by atoms with E-state index in [4.69, 9.17) is 0 Å². The van der Waals surface area contributed by atoms with Gasteiger partial charge in [0.2, 0.25) is 0 Å². The van der Waals surface area contributed by atoms with E-state index in [9.17, 15) is 5.11 Å². The Bertz CT molecular complexity index is 659. The summed E-state index contributed by atoms with van der Waals surface area (Å²) in [4.78, 5) is 4.85. The molecule has 1 N–H and O–H groups in total. The molecule has 1 aromatic carbocycles. The summed E-state index contributed by atoms with van der Waals surface area (Å²) in [5.41, 5.74) is 5.05. The zero-order valence-electron chi connectivity index (χ0n) is 12.2. The Morgan fingerprint density at radius 3 is 3.05 bits per heavy atom. The van der Waals surface area contributed by atoms with E-state index in [2.05, 4.69) is 59.2 Å². The molecule has 1 aliphatic carbocycles. The van der Waals surface area contributed by atoms with Crippen LogP contribution in [-0.4, -0.2) is 41.9 Å². The summed E-state index contributed by atoms with van der Waals surface area (Å²) >= 11 is 0. The second-order valence-electron chi connectivity index (χ2n) is 5.85. The van der Waals surface area contributed by atoms with Crippen molar-refractivity contribution in [3.63, 3.8) is 0 Å². The maximum atomic E-state index is 9.56. The number of allylic oxidation sites excluding steroid dienone is 4. The van der Waals surface area contributed by atoms with Gasteiger partial charge < -0.3 is 10.0 Å². The molecule has 106 valence electrons. The number of rotatable bonds is 2. The lowest BCUT2D eigenvalue weighted by Gasteiger charge is -2.37. The van der Waals surface area contributed by atoms with E-state index in [1.54, 1.807) is 0 Å². The summed E-state index contributed by atoms with van der Waals surface area (Å²) in [6, 6.07) is 8.73. The first-order valence-corrected chi connectivity index (χ1v) is 7.54. The standard InChI is InChI=1S/C18H19N2O/c1-13(12-21)19-10-11-20-17-9-5-4-7-15(17)14-6-2-3-8-16(14)18(19)20/h2-5,7-9,13,18,21H,10-12H2,1H3/q+1. The van der Waals surface area contributed by atoms with Gasteiger partial charge in [-0.25, -0.2) is 0 Å². The van der Waals surface area contributed by atoms with Crippen LogP contribution in [0, 0.1) is 6.08 Å². The number of hydrogen-bond donors (Lipinski definition) is 1. The monoisotopic (exact) mass is 279 g/mol. The van der Waals surface area contributed by atoms with Crippen LogP contribution in [0.4, 0.5) is 5.69 Å². The van der Waals surface area contributed by atoms with Gasteiger partial charge >= 0.3 is 0 Å². The molecule has 1 fully saturated rings. The van der Waals surface area contributed by atoms with Gasteiger partial charge in [-0.1, -0.05) is 12.1 Å². The molecule has 1 saturated heterocycles. The molecule has 0 spiro atoms. The highest BCUT2D eigenvalue weighted by Gasteiger charge is 2.47. The van der Waals surface area contributed by atoms with E-state index in [1.807, 2.05) is 6.08 Å². The number of nitrogens with zero attached hydrogens (tertiary/aromatic N) is 2. The van der Waals surface area contributed by atoms with E-state index in [0.717, 1.165) is 13.1 Å². The quantitative estimate of drug-likeness (QED) is 0.841. The van der Waals surface area contributed by atoms with Gasteiger partial charge in [0.15, 0.2) is 5.57 Å². The molecule has 2 heterocycles. The SMILES string of the molecule is CC(CO)N1CCN2c3ccccc3C3=[C+]C=CC=C3C21. The lowest BCUT2D eigenvalue weighted by molar-refractivity contribution is 0.137. The number of hydrogen-bond acceptors (Lipinski definition) is 3. The molecular formula is C18H19N2O+. The van der Waals surface area contributed by atoms with Crippen molar-refractivity contribution >= 4 is 11.3 Å². The topological polar surface area (TPSA) is 26.7 Å². The van der Waals surface area contributed by atoms with E-state index in [0.29, 0.717) is 0 Å². The molecule has 0 amide bonds. The summed E-state index contributed by atoms with van der Waals surface area (Å²) in [7, 11) is 0. The molecule has 0 bridgehead atoms. The van der Waals surface area contributed by atoms with Gasteiger partial charge in [-0.2, -0.15) is 0 Å². The van der Waals surface area contributed by atoms with Crippen molar-refractivity contribution < 1.29 is 5.11 Å². The molecule has 0 aromatic heterocycles. The smallest absolute Gasteiger partial charge is 0.163 e. The van der Waals surface area contributed by atoms with Crippen LogP contribution in [0.25, 0.3) is 5.57 Å². The van der Waals surface area contributed by atoms with E-state index in [-0.39, 0.29) is 18.8 Å². The van der Waals surface area contributed by atoms with Crippen LogP contribution in [0.2, 0.25) is 0 Å². The molecule has 2 atom stereocenters. The molecule has 2 aliphatic heterocycles. The average Bonchev–Trinajstić information content (AvgIpc) is 3.00. The first kappa shape index (κ1) is 12.8. The fourth-order valence-electron chi connectivity index (χ4n) is 3.65. The number of para-hydroxylation sites is 1. The second-order valence-corrected chi connectivity index (χ2v) is 5.85. The molecule has 2 unspecified atom stereocenters. The summed E-state index contributed by atoms with van der Waals surface area (Å²) < 4.78 is 0. The van der Waals surface area contributed by atoms with Crippen LogP contribution < -0.4 is 4.90 Å². The Labute approximate surface area is 125 Å². The third-order valence-corrected chi connectivity index (χ3v) is 4.69. The third kappa shape index (κ3) is 1.79. The van der Waals surface area contributed by atoms with Crippen molar-refractivity contribution in [1.29, 1.82) is 0 Å². The van der Waals surface area contributed by atoms with Gasteiger partial charge in [0.05, 0.1) is 29.5 Å². The summed E-state index contributed by atoms with van der Waals surface area (Å²) in [6.07, 6.45) is 9.88. The predicted molar refractivity (Wildman–Crippen MR) is 84.7 cm³/mol. The van der Waals surface area contributed by atoms with Crippen molar-refractivity contribution in [3.05, 3.63) is 59.7 Å². The van der Waals surface area contributed by atoms with Crippen LogP contribution in [0.5, 0.6) is 0 Å². The molecule has 3 aliphatic rings. The number of aliphatic hydroxyl groups is 1. The highest BCUT2D eigenvalue weighted by molar-refractivity contribution is 5.91. The minimum Gasteiger partial charge on any atom is -0.395 e. The molecule has 21 heavy (non-hydrogen) atoms. The highest BCUT2D eigenvalue weighted by atomic mass is 16.3. The van der Waals surface area contributed by atoms with Gasteiger partial charge in [-0.05, 0) is 19.1 Å². The van der Waals surface area contributed by atoms with E-state index in [1.165, 1.54) is 22.4 Å². The minimum absolute atomic E-state index is 0.165. The predicted octanol–water partition coefficient (Wildman–Crippen LogP) is 2.21. The van der Waals surface area contributed by atoms with Gasteiger partial charge in [0.25, 0.3) is 0 Å². The highest BCUT2D eigenvalue weighted by Crippen LogP contribution is 2.45. The van der Waals surface area contributed by atoms with E-state index >= 15 is 0 Å². The van der Waals surface area contributed by atoms with Gasteiger partial charge in [-0.3, -0.25) is 4.90 Å². The van der Waals surface area contributed by atoms with Gasteiger partial charge in [0, 0.05) is 37.4 Å². The number of aliphatic hydroxyl groups excluding tert-OH is 1. The Kier molecular flexibility index (Phi) is 2.93. The Hall–Kier alpha value is -1.93. The van der Waals surface area contributed by atoms with Crippen LogP contribution >= 0.6 is 0 Å². The molecule has 3 heteroatoms. The Balaban J connectivity index is 1.88. The van der Waals surface area contributed by atoms with Crippen molar-refractivity contribution in [3.8, 4) is 0 Å². The van der Waals surface area contributed by atoms with Crippen molar-refractivity contribution in [2.45, 2.75) is 19.1 Å². The molecule has 0 saturated carbocycles.